The van der Waals surface area contributed by atoms with Crippen LogP contribution in [0.5, 0.6) is 5.88 Å². The molecule has 1 aromatic rings. The number of aromatic nitrogens is 1. The quantitative estimate of drug-likeness (QED) is 0.431. The van der Waals surface area contributed by atoms with Crippen molar-refractivity contribution in [2.24, 2.45) is 0 Å². The van der Waals surface area contributed by atoms with Crippen molar-refractivity contribution >= 4 is 29.8 Å². The number of aromatic hydroxyl groups is 1. The van der Waals surface area contributed by atoms with Crippen LogP contribution >= 0.6 is 23.6 Å². The van der Waals surface area contributed by atoms with E-state index in [1.807, 2.05) is 0 Å². The normalized spacial score (nSPS) is 9.33. The van der Waals surface area contributed by atoms with Crippen LogP contribution in [-0.2, 0) is 0 Å². The summed E-state index contributed by atoms with van der Waals surface area (Å²) in [6.07, 6.45) is 1.06. The third-order valence-corrected chi connectivity index (χ3v) is 1.96. The third kappa shape index (κ3) is 1.17. The zero-order valence-corrected chi connectivity index (χ0v) is 5.97. The predicted molar refractivity (Wildman–Crippen MR) is 39.1 cm³/mol. The van der Waals surface area contributed by atoms with Crippen molar-refractivity contribution < 1.29 is 5.11 Å². The fourth-order valence-electron chi connectivity index (χ4n) is 0.430. The highest BCUT2D eigenvalue weighted by atomic mass is 32.1. The lowest BCUT2D eigenvalue weighted by Crippen LogP contribution is -1.69. The standard InChI is InChI=1S/C4H4N2OS2/c5-1-2-3(7)6-4(8)9-2/h1,5,7H,(H,6,8). The molecule has 0 spiro atoms. The summed E-state index contributed by atoms with van der Waals surface area (Å²) in [5.74, 6) is -0.0139. The molecule has 0 bridgehead atoms. The van der Waals surface area contributed by atoms with Crippen LogP contribution in [0, 0.1) is 9.36 Å². The van der Waals surface area contributed by atoms with E-state index in [1.54, 1.807) is 0 Å². The molecular formula is C4H4N2OS2. The van der Waals surface area contributed by atoms with Crippen molar-refractivity contribution in [3.05, 3.63) is 8.83 Å². The number of aromatic amines is 1. The molecule has 1 aromatic heterocycles. The Morgan fingerprint density at radius 2 is 2.44 bits per heavy atom. The van der Waals surface area contributed by atoms with Gasteiger partial charge < -0.3 is 15.5 Å². The molecule has 0 radical (unpaired) electrons. The molecule has 1 heterocycles. The molecule has 0 atom stereocenters. The van der Waals surface area contributed by atoms with E-state index in [2.05, 4.69) is 17.2 Å². The number of thiazole rings is 1. The Labute approximate surface area is 60.5 Å². The molecular weight excluding hydrogens is 156 g/mol. The summed E-state index contributed by atoms with van der Waals surface area (Å²) in [7, 11) is 0. The number of nitrogens with one attached hydrogen (secondary N) is 2. The van der Waals surface area contributed by atoms with E-state index in [1.165, 1.54) is 11.3 Å². The van der Waals surface area contributed by atoms with Crippen molar-refractivity contribution in [2.75, 3.05) is 0 Å². The van der Waals surface area contributed by atoms with Crippen LogP contribution in [0.3, 0.4) is 0 Å². The number of hydrogen-bond acceptors (Lipinski definition) is 4. The van der Waals surface area contributed by atoms with Gasteiger partial charge in [-0.1, -0.05) is 11.3 Å². The molecule has 3 nitrogen and oxygen atoms in total. The van der Waals surface area contributed by atoms with Crippen molar-refractivity contribution in [3.8, 4) is 5.88 Å². The van der Waals surface area contributed by atoms with Gasteiger partial charge in [-0.3, -0.25) is 0 Å². The van der Waals surface area contributed by atoms with Gasteiger partial charge in [0.05, 0.1) is 0 Å². The van der Waals surface area contributed by atoms with E-state index >= 15 is 0 Å². The van der Waals surface area contributed by atoms with Crippen LogP contribution in [0.15, 0.2) is 0 Å². The van der Waals surface area contributed by atoms with Crippen molar-refractivity contribution in [2.45, 2.75) is 0 Å². The van der Waals surface area contributed by atoms with Gasteiger partial charge in [-0.05, 0) is 12.2 Å². The number of rotatable bonds is 1. The minimum absolute atomic E-state index is 0.0139. The van der Waals surface area contributed by atoms with Gasteiger partial charge in [0.25, 0.3) is 0 Å². The molecule has 0 saturated heterocycles. The monoisotopic (exact) mass is 160 g/mol. The van der Waals surface area contributed by atoms with Crippen LogP contribution in [0.4, 0.5) is 0 Å². The van der Waals surface area contributed by atoms with E-state index in [0.717, 1.165) is 6.21 Å². The van der Waals surface area contributed by atoms with Crippen LogP contribution < -0.4 is 0 Å². The van der Waals surface area contributed by atoms with Crippen LogP contribution in [0.25, 0.3) is 0 Å². The lowest BCUT2D eigenvalue weighted by molar-refractivity contribution is 0.456. The Bertz CT molecular complexity index is 274. The molecule has 0 aliphatic rings. The Hall–Kier alpha value is -0.680. The summed E-state index contributed by atoms with van der Waals surface area (Å²) in [6, 6.07) is 0. The van der Waals surface area contributed by atoms with E-state index in [-0.39, 0.29) is 5.88 Å². The Morgan fingerprint density at radius 1 is 1.78 bits per heavy atom. The van der Waals surface area contributed by atoms with Crippen molar-refractivity contribution in [1.82, 2.24) is 4.98 Å². The van der Waals surface area contributed by atoms with Crippen molar-refractivity contribution in [3.63, 3.8) is 0 Å². The highest BCUT2D eigenvalue weighted by molar-refractivity contribution is 7.73. The minimum atomic E-state index is -0.0139. The fraction of sp³-hybridized carbons (Fsp3) is 0. The molecule has 0 fully saturated rings. The summed E-state index contributed by atoms with van der Waals surface area (Å²) in [5, 5.41) is 15.6. The molecule has 0 aliphatic heterocycles. The molecule has 0 aliphatic carbocycles. The fourth-order valence-corrected chi connectivity index (χ4v) is 1.35. The Morgan fingerprint density at radius 3 is 2.67 bits per heavy atom. The smallest absolute Gasteiger partial charge is 0.209 e. The van der Waals surface area contributed by atoms with Gasteiger partial charge in [0.1, 0.15) is 4.88 Å². The third-order valence-electron chi connectivity index (χ3n) is 0.788. The summed E-state index contributed by atoms with van der Waals surface area (Å²) in [6.45, 7) is 0. The molecule has 0 aromatic carbocycles. The molecule has 0 unspecified atom stereocenters. The van der Waals surface area contributed by atoms with Gasteiger partial charge >= 0.3 is 0 Å². The van der Waals surface area contributed by atoms with Crippen LogP contribution in [0.1, 0.15) is 4.88 Å². The summed E-state index contributed by atoms with van der Waals surface area (Å²) in [5.41, 5.74) is 0. The first kappa shape index (κ1) is 6.44. The van der Waals surface area contributed by atoms with E-state index < -0.39 is 0 Å². The maximum Gasteiger partial charge on any atom is 0.209 e. The first-order valence-corrected chi connectivity index (χ1v) is 3.39. The zero-order valence-electron chi connectivity index (χ0n) is 4.34. The van der Waals surface area contributed by atoms with Gasteiger partial charge in [-0.25, -0.2) is 0 Å². The topological polar surface area (TPSA) is 59.9 Å². The first-order valence-electron chi connectivity index (χ1n) is 2.16. The highest BCUT2D eigenvalue weighted by Gasteiger charge is 1.98. The molecule has 9 heavy (non-hydrogen) atoms. The summed E-state index contributed by atoms with van der Waals surface area (Å²) < 4.78 is 0.492. The average Bonchev–Trinajstić information content (AvgIpc) is 2.10. The van der Waals surface area contributed by atoms with Crippen LogP contribution in [-0.4, -0.2) is 16.3 Å². The SMILES string of the molecule is N=Cc1sc(=S)[nH]c1O. The van der Waals surface area contributed by atoms with E-state index in [4.69, 9.17) is 10.5 Å². The average molecular weight is 160 g/mol. The Kier molecular flexibility index (Phi) is 1.63. The number of hydrogen-bond donors (Lipinski definition) is 3. The molecule has 3 N–H and O–H groups in total. The second kappa shape index (κ2) is 2.28. The Balaban J connectivity index is 3.31. The lowest BCUT2D eigenvalue weighted by atomic mass is 10.6. The molecule has 48 valence electrons. The van der Waals surface area contributed by atoms with Gasteiger partial charge in [-0.2, -0.15) is 0 Å². The number of H-pyrrole nitrogens is 1. The second-order valence-electron chi connectivity index (χ2n) is 1.37. The van der Waals surface area contributed by atoms with E-state index in [9.17, 15) is 0 Å². The minimum Gasteiger partial charge on any atom is -0.494 e. The van der Waals surface area contributed by atoms with Gasteiger partial charge in [0.15, 0.2) is 3.95 Å². The molecule has 0 saturated carbocycles. The van der Waals surface area contributed by atoms with Gasteiger partial charge in [0, 0.05) is 6.21 Å². The first-order chi connectivity index (χ1) is 4.24. The molecule has 5 heteroatoms. The summed E-state index contributed by atoms with van der Waals surface area (Å²) >= 11 is 5.87. The van der Waals surface area contributed by atoms with Crippen LogP contribution in [0.2, 0.25) is 0 Å². The molecule has 0 amide bonds. The van der Waals surface area contributed by atoms with Gasteiger partial charge in [-0.15, -0.1) is 0 Å². The highest BCUT2D eigenvalue weighted by Crippen LogP contribution is 2.17. The zero-order chi connectivity index (χ0) is 6.85. The van der Waals surface area contributed by atoms with E-state index in [0.29, 0.717) is 8.83 Å². The summed E-state index contributed by atoms with van der Waals surface area (Å²) in [4.78, 5) is 2.97. The van der Waals surface area contributed by atoms with Gasteiger partial charge in [0.2, 0.25) is 5.88 Å². The maximum absolute atomic E-state index is 8.87. The molecule has 1 rings (SSSR count). The lowest BCUT2D eigenvalue weighted by Gasteiger charge is -1.80. The maximum atomic E-state index is 8.87. The second-order valence-corrected chi connectivity index (χ2v) is 3.09. The predicted octanol–water partition coefficient (Wildman–Crippen LogP) is 1.51. The largest absolute Gasteiger partial charge is 0.494 e. The van der Waals surface area contributed by atoms with Crippen molar-refractivity contribution in [1.29, 1.82) is 5.41 Å².